The molecule has 0 spiro atoms. The van der Waals surface area contributed by atoms with Gasteiger partial charge in [0.15, 0.2) is 11.2 Å². The van der Waals surface area contributed by atoms with Crippen molar-refractivity contribution in [2.45, 2.75) is 45.6 Å². The molecular weight excluding hydrogens is 369 g/mol. The third-order valence-electron chi connectivity index (χ3n) is 6.14. The molecule has 0 radical (unpaired) electrons. The Morgan fingerprint density at radius 1 is 1.07 bits per heavy atom. The Kier molecular flexibility index (Phi) is 4.19. The molecule has 148 valence electrons. The number of halogens is 1. The third-order valence-corrected chi connectivity index (χ3v) is 6.14. The monoisotopic (exact) mass is 391 g/mol. The summed E-state index contributed by atoms with van der Waals surface area (Å²) in [6, 6.07) is 8.34. The molecule has 5 rings (SSSR count). The lowest BCUT2D eigenvalue weighted by molar-refractivity contribution is 0.253. The van der Waals surface area contributed by atoms with Gasteiger partial charge in [-0.05, 0) is 49.4 Å². The smallest absolute Gasteiger partial charge is 0.280 e. The van der Waals surface area contributed by atoms with Crippen LogP contribution in [0.5, 0.6) is 0 Å². The molecule has 4 aromatic rings. The number of fused-ring (bicyclic) bond motifs is 3. The maximum absolute atomic E-state index is 13.3. The number of pyridine rings is 1. The first-order valence-corrected chi connectivity index (χ1v) is 10.1. The van der Waals surface area contributed by atoms with Gasteiger partial charge in [0.05, 0.1) is 11.3 Å². The fourth-order valence-corrected chi connectivity index (χ4v) is 4.59. The maximum Gasteiger partial charge on any atom is 0.280 e. The van der Waals surface area contributed by atoms with Gasteiger partial charge in [0.1, 0.15) is 11.3 Å². The number of hydrogen-bond donors (Lipinski definition) is 0. The highest BCUT2D eigenvalue weighted by Gasteiger charge is 2.25. The average molecular weight is 391 g/mol. The van der Waals surface area contributed by atoms with Crippen LogP contribution in [0.4, 0.5) is 4.39 Å². The van der Waals surface area contributed by atoms with E-state index in [9.17, 15) is 9.18 Å². The van der Waals surface area contributed by atoms with Crippen molar-refractivity contribution in [3.63, 3.8) is 0 Å². The molecule has 0 bridgehead atoms. The summed E-state index contributed by atoms with van der Waals surface area (Å²) in [5.41, 5.74) is 3.77. The first-order chi connectivity index (χ1) is 14.0. The second-order valence-electron chi connectivity index (χ2n) is 7.99. The van der Waals surface area contributed by atoms with Crippen LogP contribution in [-0.2, 0) is 0 Å². The summed E-state index contributed by atoms with van der Waals surface area (Å²) >= 11 is 0. The molecule has 6 nitrogen and oxygen atoms in total. The van der Waals surface area contributed by atoms with Crippen molar-refractivity contribution in [2.24, 2.45) is 5.92 Å². The zero-order chi connectivity index (χ0) is 20.1. The Balaban J connectivity index is 1.70. The molecule has 1 aromatic carbocycles. The lowest BCUT2D eigenvalue weighted by Gasteiger charge is -2.30. The summed E-state index contributed by atoms with van der Waals surface area (Å²) < 4.78 is 16.8. The van der Waals surface area contributed by atoms with Crippen LogP contribution in [0.2, 0.25) is 0 Å². The van der Waals surface area contributed by atoms with E-state index in [0.717, 1.165) is 36.1 Å². The number of nitrogens with zero attached hydrogens (tertiary/aromatic N) is 5. The van der Waals surface area contributed by atoms with Gasteiger partial charge in [-0.1, -0.05) is 31.9 Å². The second kappa shape index (κ2) is 6.76. The highest BCUT2D eigenvalue weighted by Crippen LogP contribution is 2.33. The molecule has 0 unspecified atom stereocenters. The van der Waals surface area contributed by atoms with Crippen molar-refractivity contribution >= 4 is 16.7 Å². The fraction of sp³-hybridized carbons (Fsp3) is 0.364. The van der Waals surface area contributed by atoms with E-state index >= 15 is 0 Å². The van der Waals surface area contributed by atoms with Crippen LogP contribution < -0.4 is 5.56 Å². The molecule has 29 heavy (non-hydrogen) atoms. The summed E-state index contributed by atoms with van der Waals surface area (Å²) in [6.45, 7) is 4.09. The highest BCUT2D eigenvalue weighted by atomic mass is 19.1. The van der Waals surface area contributed by atoms with Crippen LogP contribution >= 0.6 is 0 Å². The molecule has 0 amide bonds. The molecular formula is C22H22FN5O. The normalized spacial score (nSPS) is 19.8. The Morgan fingerprint density at radius 2 is 1.83 bits per heavy atom. The van der Waals surface area contributed by atoms with Gasteiger partial charge in [0.2, 0.25) is 0 Å². The molecule has 1 aliphatic rings. The number of hydrogen-bond acceptors (Lipinski definition) is 4. The van der Waals surface area contributed by atoms with Gasteiger partial charge in [-0.2, -0.15) is 5.10 Å². The average Bonchev–Trinajstić information content (AvgIpc) is 3.06. The highest BCUT2D eigenvalue weighted by molar-refractivity contribution is 5.84. The zero-order valence-electron chi connectivity index (χ0n) is 16.5. The number of benzene rings is 1. The van der Waals surface area contributed by atoms with E-state index in [1.807, 2.05) is 23.8 Å². The molecule has 3 heterocycles. The molecule has 3 aromatic heterocycles. The van der Waals surface area contributed by atoms with E-state index in [0.29, 0.717) is 22.6 Å². The Bertz CT molecular complexity index is 1270. The van der Waals surface area contributed by atoms with Gasteiger partial charge in [-0.15, -0.1) is 10.2 Å². The minimum absolute atomic E-state index is 0.118. The van der Waals surface area contributed by atoms with Crippen molar-refractivity contribution in [1.82, 2.24) is 24.4 Å². The van der Waals surface area contributed by atoms with Crippen LogP contribution in [0.15, 0.2) is 41.3 Å². The standard InChI is InChI=1S/C22H22FN5O/c1-13-5-3-4-6-17(13)27-12-11-18-20(22(27)29)24-25-21-19(14(2)26-28(18)21)15-7-9-16(23)10-8-15/h7-13,17H,3-6H2,1-2H3/t13-,17-/m0/s1. The minimum atomic E-state index is -0.295. The lowest BCUT2D eigenvalue weighted by atomic mass is 9.85. The molecule has 0 N–H and O–H groups in total. The summed E-state index contributed by atoms with van der Waals surface area (Å²) in [4.78, 5) is 13.2. The van der Waals surface area contributed by atoms with Crippen LogP contribution in [0, 0.1) is 18.7 Å². The van der Waals surface area contributed by atoms with E-state index in [4.69, 9.17) is 0 Å². The van der Waals surface area contributed by atoms with Gasteiger partial charge >= 0.3 is 0 Å². The van der Waals surface area contributed by atoms with Crippen LogP contribution in [0.25, 0.3) is 27.8 Å². The topological polar surface area (TPSA) is 65.1 Å². The van der Waals surface area contributed by atoms with E-state index < -0.39 is 0 Å². The quantitative estimate of drug-likeness (QED) is 0.511. The van der Waals surface area contributed by atoms with E-state index in [-0.39, 0.29) is 17.4 Å². The van der Waals surface area contributed by atoms with Crippen molar-refractivity contribution in [2.75, 3.05) is 0 Å². The predicted octanol–water partition coefficient (Wildman–Crippen LogP) is 4.30. The Morgan fingerprint density at radius 3 is 2.59 bits per heavy atom. The molecule has 2 atom stereocenters. The second-order valence-corrected chi connectivity index (χ2v) is 7.99. The Labute approximate surface area is 167 Å². The minimum Gasteiger partial charge on any atom is -0.310 e. The van der Waals surface area contributed by atoms with Gasteiger partial charge in [0, 0.05) is 12.2 Å². The molecule has 7 heteroatoms. The number of rotatable bonds is 2. The fourth-order valence-electron chi connectivity index (χ4n) is 4.59. The summed E-state index contributed by atoms with van der Waals surface area (Å²) in [5, 5.41) is 13.2. The third kappa shape index (κ3) is 2.84. The molecule has 1 fully saturated rings. The van der Waals surface area contributed by atoms with Crippen molar-refractivity contribution in [1.29, 1.82) is 0 Å². The summed E-state index contributed by atoms with van der Waals surface area (Å²) in [5.74, 6) is 0.171. The van der Waals surface area contributed by atoms with Crippen molar-refractivity contribution in [3.8, 4) is 11.1 Å². The van der Waals surface area contributed by atoms with Gasteiger partial charge < -0.3 is 4.57 Å². The lowest BCUT2D eigenvalue weighted by Crippen LogP contribution is -2.31. The van der Waals surface area contributed by atoms with Crippen molar-refractivity contribution in [3.05, 3.63) is 58.4 Å². The van der Waals surface area contributed by atoms with Crippen LogP contribution in [0.3, 0.4) is 0 Å². The predicted molar refractivity (Wildman–Crippen MR) is 109 cm³/mol. The first kappa shape index (κ1) is 18.0. The van der Waals surface area contributed by atoms with Gasteiger partial charge in [0.25, 0.3) is 5.56 Å². The van der Waals surface area contributed by atoms with Crippen LogP contribution in [-0.4, -0.2) is 24.4 Å². The number of aryl methyl sites for hydroxylation is 1. The van der Waals surface area contributed by atoms with Crippen molar-refractivity contribution < 1.29 is 4.39 Å². The molecule has 1 aliphatic carbocycles. The van der Waals surface area contributed by atoms with E-state index in [2.05, 4.69) is 22.2 Å². The summed E-state index contributed by atoms with van der Waals surface area (Å²) in [6.07, 6.45) is 6.38. The van der Waals surface area contributed by atoms with Gasteiger partial charge in [-0.3, -0.25) is 4.79 Å². The number of aromatic nitrogens is 5. The van der Waals surface area contributed by atoms with Gasteiger partial charge in [-0.25, -0.2) is 8.91 Å². The summed E-state index contributed by atoms with van der Waals surface area (Å²) in [7, 11) is 0. The Hall–Kier alpha value is -3.09. The van der Waals surface area contributed by atoms with E-state index in [1.165, 1.54) is 18.6 Å². The molecule has 1 saturated carbocycles. The molecule has 0 saturated heterocycles. The SMILES string of the molecule is Cc1nn2c(nnc3c(=O)n([C@H]4CCCC[C@@H]4C)ccc32)c1-c1ccc(F)cc1. The zero-order valence-corrected chi connectivity index (χ0v) is 16.5. The largest absolute Gasteiger partial charge is 0.310 e. The first-order valence-electron chi connectivity index (χ1n) is 10.1. The molecule has 0 aliphatic heterocycles. The maximum atomic E-state index is 13.3. The van der Waals surface area contributed by atoms with E-state index in [1.54, 1.807) is 16.6 Å². The van der Waals surface area contributed by atoms with Crippen LogP contribution in [0.1, 0.15) is 44.3 Å².